The van der Waals surface area contributed by atoms with Crippen LogP contribution in [0.3, 0.4) is 0 Å². The van der Waals surface area contributed by atoms with E-state index in [9.17, 15) is 9.90 Å². The van der Waals surface area contributed by atoms with E-state index < -0.39 is 0 Å². The SMILES string of the molecule is COc1c(/C(O)=C/C(C)=O)ccc2ccccc12. The summed E-state index contributed by atoms with van der Waals surface area (Å²) >= 11 is 0. The number of carbonyl (C=O) groups excluding carboxylic acids is 1. The number of aliphatic hydroxyl groups excluding tert-OH is 1. The van der Waals surface area contributed by atoms with Crippen molar-refractivity contribution in [1.29, 1.82) is 0 Å². The van der Waals surface area contributed by atoms with E-state index in [1.165, 1.54) is 13.0 Å². The van der Waals surface area contributed by atoms with Gasteiger partial charge in [0.25, 0.3) is 0 Å². The first-order chi connectivity index (χ1) is 8.63. The van der Waals surface area contributed by atoms with E-state index in [0.29, 0.717) is 11.3 Å². The fourth-order valence-corrected chi connectivity index (χ4v) is 1.93. The zero-order valence-electron chi connectivity index (χ0n) is 10.3. The van der Waals surface area contributed by atoms with Crippen molar-refractivity contribution in [3.05, 3.63) is 48.0 Å². The van der Waals surface area contributed by atoms with Gasteiger partial charge < -0.3 is 9.84 Å². The lowest BCUT2D eigenvalue weighted by Gasteiger charge is -2.11. The highest BCUT2D eigenvalue weighted by Gasteiger charge is 2.11. The summed E-state index contributed by atoms with van der Waals surface area (Å²) in [6, 6.07) is 11.4. The lowest BCUT2D eigenvalue weighted by molar-refractivity contribution is -0.112. The molecule has 0 atom stereocenters. The van der Waals surface area contributed by atoms with Crippen LogP contribution in [0.1, 0.15) is 12.5 Å². The van der Waals surface area contributed by atoms with E-state index >= 15 is 0 Å². The number of hydrogen-bond acceptors (Lipinski definition) is 3. The van der Waals surface area contributed by atoms with Crippen molar-refractivity contribution in [2.24, 2.45) is 0 Å². The molecule has 0 spiro atoms. The smallest absolute Gasteiger partial charge is 0.156 e. The largest absolute Gasteiger partial charge is 0.507 e. The van der Waals surface area contributed by atoms with Gasteiger partial charge in [-0.25, -0.2) is 0 Å². The van der Waals surface area contributed by atoms with Crippen molar-refractivity contribution in [2.75, 3.05) is 7.11 Å². The molecule has 0 aliphatic heterocycles. The Morgan fingerprint density at radius 2 is 1.94 bits per heavy atom. The molecule has 0 aliphatic rings. The third-order valence-electron chi connectivity index (χ3n) is 2.70. The minimum atomic E-state index is -0.206. The van der Waals surface area contributed by atoms with E-state index in [0.717, 1.165) is 10.8 Å². The van der Waals surface area contributed by atoms with Gasteiger partial charge in [0.05, 0.1) is 12.7 Å². The zero-order chi connectivity index (χ0) is 13.1. The summed E-state index contributed by atoms with van der Waals surface area (Å²) in [7, 11) is 1.55. The highest BCUT2D eigenvalue weighted by Crippen LogP contribution is 2.32. The second-order valence-corrected chi connectivity index (χ2v) is 4.01. The molecule has 0 aromatic heterocycles. The third kappa shape index (κ3) is 2.20. The molecule has 0 unspecified atom stereocenters. The molecule has 18 heavy (non-hydrogen) atoms. The number of allylic oxidation sites excluding steroid dienone is 1. The number of ether oxygens (including phenoxy) is 1. The molecule has 3 nitrogen and oxygen atoms in total. The number of rotatable bonds is 3. The van der Waals surface area contributed by atoms with Gasteiger partial charge in [-0.15, -0.1) is 0 Å². The number of hydrogen-bond donors (Lipinski definition) is 1. The molecule has 0 radical (unpaired) electrons. The molecule has 1 N–H and O–H groups in total. The molecule has 0 saturated heterocycles. The molecule has 0 bridgehead atoms. The minimum absolute atomic E-state index is 0.0786. The van der Waals surface area contributed by atoms with Crippen LogP contribution in [0.2, 0.25) is 0 Å². The summed E-state index contributed by atoms with van der Waals surface area (Å²) in [5.41, 5.74) is 0.520. The van der Waals surface area contributed by atoms with Crippen LogP contribution in [0.25, 0.3) is 16.5 Å². The van der Waals surface area contributed by atoms with Gasteiger partial charge in [0.2, 0.25) is 0 Å². The predicted molar refractivity (Wildman–Crippen MR) is 71.8 cm³/mol. The van der Waals surface area contributed by atoms with Crippen LogP contribution in [-0.4, -0.2) is 18.0 Å². The molecule has 2 aromatic rings. The van der Waals surface area contributed by atoms with Gasteiger partial charge in [-0.05, 0) is 18.4 Å². The molecule has 2 rings (SSSR count). The summed E-state index contributed by atoms with van der Waals surface area (Å²) in [6.07, 6.45) is 1.19. The van der Waals surface area contributed by atoms with E-state index in [2.05, 4.69) is 0 Å². The van der Waals surface area contributed by atoms with Crippen molar-refractivity contribution in [2.45, 2.75) is 6.92 Å². The fraction of sp³-hybridized carbons (Fsp3) is 0.133. The molecule has 3 heteroatoms. The van der Waals surface area contributed by atoms with Crippen LogP contribution in [0, 0.1) is 0 Å². The van der Waals surface area contributed by atoms with Crippen LogP contribution in [-0.2, 0) is 4.79 Å². The van der Waals surface area contributed by atoms with Crippen LogP contribution < -0.4 is 4.74 Å². The number of methoxy groups -OCH3 is 1. The molecule has 0 saturated carbocycles. The van der Waals surface area contributed by atoms with Gasteiger partial charge >= 0.3 is 0 Å². The molecule has 0 aliphatic carbocycles. The van der Waals surface area contributed by atoms with Crippen molar-refractivity contribution >= 4 is 22.3 Å². The number of aliphatic hydroxyl groups is 1. The second-order valence-electron chi connectivity index (χ2n) is 4.01. The van der Waals surface area contributed by atoms with Crippen LogP contribution in [0.5, 0.6) is 5.75 Å². The molecular weight excluding hydrogens is 228 g/mol. The predicted octanol–water partition coefficient (Wildman–Crippen LogP) is 3.34. The summed E-state index contributed by atoms with van der Waals surface area (Å²) in [5, 5.41) is 11.8. The van der Waals surface area contributed by atoms with E-state index in [-0.39, 0.29) is 11.5 Å². The van der Waals surface area contributed by atoms with Crippen LogP contribution >= 0.6 is 0 Å². The molecule has 2 aromatic carbocycles. The second kappa shape index (κ2) is 4.92. The molecule has 92 valence electrons. The first kappa shape index (κ1) is 12.2. The molecule has 0 amide bonds. The van der Waals surface area contributed by atoms with Crippen molar-refractivity contribution in [3.63, 3.8) is 0 Å². The number of fused-ring (bicyclic) bond motifs is 1. The standard InChI is InChI=1S/C15H14O3/c1-10(16)9-14(17)13-8-7-11-5-3-4-6-12(11)15(13)18-2/h3-9,17H,1-2H3/b14-9-. The minimum Gasteiger partial charge on any atom is -0.507 e. The van der Waals surface area contributed by atoms with Gasteiger partial charge in [0.15, 0.2) is 5.78 Å². The van der Waals surface area contributed by atoms with E-state index in [1.807, 2.05) is 30.3 Å². The molecule has 0 fully saturated rings. The van der Waals surface area contributed by atoms with Crippen molar-refractivity contribution < 1.29 is 14.6 Å². The topological polar surface area (TPSA) is 46.5 Å². The normalized spacial score (nSPS) is 11.6. The third-order valence-corrected chi connectivity index (χ3v) is 2.70. The Labute approximate surface area is 105 Å². The number of benzene rings is 2. The lowest BCUT2D eigenvalue weighted by Crippen LogP contribution is -1.94. The Kier molecular flexibility index (Phi) is 3.33. The van der Waals surface area contributed by atoms with Gasteiger partial charge in [0.1, 0.15) is 11.5 Å². The van der Waals surface area contributed by atoms with Crippen LogP contribution in [0.4, 0.5) is 0 Å². The Morgan fingerprint density at radius 3 is 2.61 bits per heavy atom. The summed E-state index contributed by atoms with van der Waals surface area (Å²) in [4.78, 5) is 11.0. The monoisotopic (exact) mass is 242 g/mol. The Morgan fingerprint density at radius 1 is 1.22 bits per heavy atom. The number of carbonyl (C=O) groups is 1. The maximum absolute atomic E-state index is 11.0. The Hall–Kier alpha value is -2.29. The van der Waals surface area contributed by atoms with Gasteiger partial charge in [-0.1, -0.05) is 30.3 Å². The van der Waals surface area contributed by atoms with Crippen molar-refractivity contribution in [3.8, 4) is 5.75 Å². The first-order valence-corrected chi connectivity index (χ1v) is 5.61. The number of ketones is 1. The lowest BCUT2D eigenvalue weighted by atomic mass is 10.0. The zero-order valence-corrected chi connectivity index (χ0v) is 10.3. The maximum Gasteiger partial charge on any atom is 0.156 e. The fourth-order valence-electron chi connectivity index (χ4n) is 1.93. The van der Waals surface area contributed by atoms with Gasteiger partial charge in [-0.2, -0.15) is 0 Å². The highest BCUT2D eigenvalue weighted by molar-refractivity contribution is 5.97. The van der Waals surface area contributed by atoms with E-state index in [1.54, 1.807) is 13.2 Å². The van der Waals surface area contributed by atoms with Crippen LogP contribution in [0.15, 0.2) is 42.5 Å². The van der Waals surface area contributed by atoms with Crippen molar-refractivity contribution in [1.82, 2.24) is 0 Å². The summed E-state index contributed by atoms with van der Waals surface area (Å²) in [5.74, 6) is 0.288. The highest BCUT2D eigenvalue weighted by atomic mass is 16.5. The maximum atomic E-state index is 11.0. The van der Waals surface area contributed by atoms with E-state index in [4.69, 9.17) is 4.74 Å². The van der Waals surface area contributed by atoms with Gasteiger partial charge in [0, 0.05) is 11.5 Å². The molecule has 0 heterocycles. The summed E-state index contributed by atoms with van der Waals surface area (Å²) in [6.45, 7) is 1.39. The Bertz CT molecular complexity index is 627. The first-order valence-electron chi connectivity index (χ1n) is 5.61. The molecular formula is C15H14O3. The summed E-state index contributed by atoms with van der Waals surface area (Å²) < 4.78 is 5.35. The van der Waals surface area contributed by atoms with Gasteiger partial charge in [-0.3, -0.25) is 4.79 Å². The average Bonchev–Trinajstić information content (AvgIpc) is 2.36. The Balaban J connectivity index is 2.69. The average molecular weight is 242 g/mol. The quantitative estimate of drug-likeness (QED) is 0.663.